The summed E-state index contributed by atoms with van der Waals surface area (Å²) in [4.78, 5) is 35.1. The van der Waals surface area contributed by atoms with Crippen molar-refractivity contribution in [1.29, 1.82) is 0 Å². The molecule has 0 aliphatic heterocycles. The number of benzene rings is 2. The first-order chi connectivity index (χ1) is 11.6. The zero-order valence-electron chi connectivity index (χ0n) is 12.8. The largest absolute Gasteiger partial charge is 0.480 e. The Kier molecular flexibility index (Phi) is 6.08. The number of esters is 1. The fourth-order valence-corrected chi connectivity index (χ4v) is 1.99. The minimum atomic E-state index is -1.35. The van der Waals surface area contributed by atoms with Gasteiger partial charge in [0, 0.05) is 5.56 Å². The number of rotatable bonds is 7. The standard InChI is InChI=1S/C18H17NO5/c20-16(24-12-13-7-3-1-4-8-13)11-15(18(22)23)19-17(21)14-9-5-2-6-10-14/h1-10,15H,11-12H2,(H,19,21)(H,22,23)/t15-/m1/s1. The molecule has 0 spiro atoms. The summed E-state index contributed by atoms with van der Waals surface area (Å²) in [6, 6.07) is 15.9. The van der Waals surface area contributed by atoms with Crippen LogP contribution in [0.2, 0.25) is 0 Å². The Morgan fingerprint density at radius 1 is 0.958 bits per heavy atom. The van der Waals surface area contributed by atoms with Crippen LogP contribution in [-0.2, 0) is 20.9 Å². The molecule has 2 aromatic carbocycles. The van der Waals surface area contributed by atoms with Crippen molar-refractivity contribution in [2.24, 2.45) is 0 Å². The van der Waals surface area contributed by atoms with Gasteiger partial charge in [-0.1, -0.05) is 48.5 Å². The SMILES string of the molecule is O=C(C[C@@H](NC(=O)c1ccccc1)C(=O)O)OCc1ccccc1. The van der Waals surface area contributed by atoms with Crippen LogP contribution in [-0.4, -0.2) is 29.0 Å². The van der Waals surface area contributed by atoms with E-state index in [2.05, 4.69) is 5.32 Å². The topological polar surface area (TPSA) is 92.7 Å². The molecule has 0 radical (unpaired) electrons. The van der Waals surface area contributed by atoms with E-state index < -0.39 is 30.3 Å². The zero-order valence-corrected chi connectivity index (χ0v) is 12.8. The predicted molar refractivity (Wildman–Crippen MR) is 86.2 cm³/mol. The lowest BCUT2D eigenvalue weighted by molar-refractivity contribution is -0.150. The van der Waals surface area contributed by atoms with E-state index in [0.717, 1.165) is 5.56 Å². The fourth-order valence-electron chi connectivity index (χ4n) is 1.99. The van der Waals surface area contributed by atoms with Crippen LogP contribution in [0, 0.1) is 0 Å². The van der Waals surface area contributed by atoms with Gasteiger partial charge in [0.05, 0.1) is 6.42 Å². The van der Waals surface area contributed by atoms with Gasteiger partial charge < -0.3 is 15.2 Å². The van der Waals surface area contributed by atoms with Crippen LogP contribution in [0.4, 0.5) is 0 Å². The summed E-state index contributed by atoms with van der Waals surface area (Å²) in [5.74, 6) is -2.55. The maximum Gasteiger partial charge on any atom is 0.326 e. The molecule has 124 valence electrons. The third-order valence-electron chi connectivity index (χ3n) is 3.25. The van der Waals surface area contributed by atoms with E-state index in [1.807, 2.05) is 18.2 Å². The Morgan fingerprint density at radius 3 is 2.12 bits per heavy atom. The first kappa shape index (κ1) is 17.2. The Hall–Kier alpha value is -3.15. The number of aliphatic carboxylic acids is 1. The van der Waals surface area contributed by atoms with Gasteiger partial charge in [0.1, 0.15) is 12.6 Å². The fraction of sp³-hybridized carbons (Fsp3) is 0.167. The molecule has 24 heavy (non-hydrogen) atoms. The lowest BCUT2D eigenvalue weighted by Crippen LogP contribution is -2.42. The van der Waals surface area contributed by atoms with Crippen LogP contribution >= 0.6 is 0 Å². The lowest BCUT2D eigenvalue weighted by Gasteiger charge is -2.14. The number of carboxylic acids is 1. The number of carbonyl (C=O) groups is 3. The number of carboxylic acid groups (broad SMARTS) is 1. The van der Waals surface area contributed by atoms with Gasteiger partial charge in [-0.3, -0.25) is 9.59 Å². The van der Waals surface area contributed by atoms with Crippen LogP contribution in [0.15, 0.2) is 60.7 Å². The van der Waals surface area contributed by atoms with Crippen molar-refractivity contribution in [1.82, 2.24) is 5.32 Å². The number of nitrogens with one attached hydrogen (secondary N) is 1. The van der Waals surface area contributed by atoms with Crippen molar-refractivity contribution < 1.29 is 24.2 Å². The number of amides is 1. The lowest BCUT2D eigenvalue weighted by atomic mass is 10.1. The molecule has 6 nitrogen and oxygen atoms in total. The summed E-state index contributed by atoms with van der Waals surface area (Å²) in [7, 11) is 0. The van der Waals surface area contributed by atoms with Gasteiger partial charge in [0.25, 0.3) is 5.91 Å². The van der Waals surface area contributed by atoms with E-state index in [0.29, 0.717) is 5.56 Å². The van der Waals surface area contributed by atoms with Gasteiger partial charge in [0.2, 0.25) is 0 Å². The molecule has 0 unspecified atom stereocenters. The quantitative estimate of drug-likeness (QED) is 0.759. The maximum absolute atomic E-state index is 12.0. The van der Waals surface area contributed by atoms with Crippen molar-refractivity contribution in [3.05, 3.63) is 71.8 Å². The molecular formula is C18H17NO5. The summed E-state index contributed by atoms with van der Waals surface area (Å²) in [5, 5.41) is 11.5. The van der Waals surface area contributed by atoms with Gasteiger partial charge >= 0.3 is 11.9 Å². The zero-order chi connectivity index (χ0) is 17.4. The minimum absolute atomic E-state index is 0.0542. The molecule has 2 aromatic rings. The van der Waals surface area contributed by atoms with Crippen molar-refractivity contribution in [3.8, 4) is 0 Å². The highest BCUT2D eigenvalue weighted by molar-refractivity contribution is 5.97. The Morgan fingerprint density at radius 2 is 1.54 bits per heavy atom. The second-order valence-electron chi connectivity index (χ2n) is 5.08. The van der Waals surface area contributed by atoms with Crippen LogP contribution in [0.25, 0.3) is 0 Å². The van der Waals surface area contributed by atoms with Crippen molar-refractivity contribution >= 4 is 17.8 Å². The smallest absolute Gasteiger partial charge is 0.326 e. The van der Waals surface area contributed by atoms with Gasteiger partial charge in [-0.2, -0.15) is 0 Å². The van der Waals surface area contributed by atoms with Crippen LogP contribution < -0.4 is 5.32 Å². The first-order valence-electron chi connectivity index (χ1n) is 7.34. The average Bonchev–Trinajstić information content (AvgIpc) is 2.61. The summed E-state index contributed by atoms with van der Waals surface area (Å²) in [5.41, 5.74) is 1.12. The van der Waals surface area contributed by atoms with Crippen LogP contribution in [0.1, 0.15) is 22.3 Å². The van der Waals surface area contributed by atoms with Gasteiger partial charge in [0.15, 0.2) is 0 Å². The van der Waals surface area contributed by atoms with E-state index in [1.165, 1.54) is 0 Å². The molecule has 0 bridgehead atoms. The van der Waals surface area contributed by atoms with Gasteiger partial charge in [-0.05, 0) is 17.7 Å². The number of carbonyl (C=O) groups excluding carboxylic acids is 2. The molecule has 0 fully saturated rings. The number of hydrogen-bond acceptors (Lipinski definition) is 4. The van der Waals surface area contributed by atoms with Crippen molar-refractivity contribution in [2.45, 2.75) is 19.1 Å². The monoisotopic (exact) mass is 327 g/mol. The Bertz CT molecular complexity index is 700. The Labute approximate surface area is 139 Å². The second-order valence-corrected chi connectivity index (χ2v) is 5.08. The normalized spacial score (nSPS) is 11.3. The molecular weight excluding hydrogens is 310 g/mol. The molecule has 2 N–H and O–H groups in total. The van der Waals surface area contributed by atoms with Gasteiger partial charge in [-0.15, -0.1) is 0 Å². The summed E-state index contributed by atoms with van der Waals surface area (Å²) < 4.78 is 5.04. The maximum atomic E-state index is 12.0. The highest BCUT2D eigenvalue weighted by Crippen LogP contribution is 2.05. The highest BCUT2D eigenvalue weighted by Gasteiger charge is 2.24. The number of ether oxygens (including phenoxy) is 1. The molecule has 0 aromatic heterocycles. The molecule has 1 amide bonds. The van der Waals surface area contributed by atoms with E-state index in [9.17, 15) is 19.5 Å². The molecule has 0 aliphatic carbocycles. The summed E-state index contributed by atoms with van der Waals surface area (Å²) in [6.45, 7) is 0.0542. The van der Waals surface area contributed by atoms with Crippen LogP contribution in [0.3, 0.4) is 0 Å². The highest BCUT2D eigenvalue weighted by atomic mass is 16.5. The molecule has 0 saturated heterocycles. The minimum Gasteiger partial charge on any atom is -0.480 e. The van der Waals surface area contributed by atoms with Crippen molar-refractivity contribution in [2.75, 3.05) is 0 Å². The Balaban J connectivity index is 1.89. The van der Waals surface area contributed by atoms with E-state index in [1.54, 1.807) is 42.5 Å². The third kappa shape index (κ3) is 5.24. The molecule has 0 heterocycles. The molecule has 0 saturated carbocycles. The van der Waals surface area contributed by atoms with E-state index in [-0.39, 0.29) is 6.61 Å². The molecule has 2 rings (SSSR count). The van der Waals surface area contributed by atoms with E-state index in [4.69, 9.17) is 4.74 Å². The molecule has 1 atom stereocenters. The first-order valence-corrected chi connectivity index (χ1v) is 7.34. The van der Waals surface area contributed by atoms with Crippen LogP contribution in [0.5, 0.6) is 0 Å². The average molecular weight is 327 g/mol. The van der Waals surface area contributed by atoms with Crippen molar-refractivity contribution in [3.63, 3.8) is 0 Å². The van der Waals surface area contributed by atoms with E-state index >= 15 is 0 Å². The number of hydrogen-bond donors (Lipinski definition) is 2. The summed E-state index contributed by atoms with van der Waals surface area (Å²) in [6.07, 6.45) is -0.444. The predicted octanol–water partition coefficient (Wildman–Crippen LogP) is 2.00. The molecule has 6 heteroatoms. The second kappa shape index (κ2) is 8.47. The summed E-state index contributed by atoms with van der Waals surface area (Å²) >= 11 is 0. The third-order valence-corrected chi connectivity index (χ3v) is 3.25. The molecule has 0 aliphatic rings. The van der Waals surface area contributed by atoms with Gasteiger partial charge in [-0.25, -0.2) is 4.79 Å².